The van der Waals surface area contributed by atoms with Gasteiger partial charge in [-0.05, 0) is 73.5 Å². The van der Waals surface area contributed by atoms with Crippen molar-refractivity contribution >= 4 is 28.8 Å². The van der Waals surface area contributed by atoms with E-state index in [9.17, 15) is 19.7 Å². The number of hydrogen-bond acceptors (Lipinski definition) is 7. The van der Waals surface area contributed by atoms with Crippen molar-refractivity contribution in [3.8, 4) is 5.75 Å². The molecule has 0 radical (unpaired) electrons. The largest absolute Gasteiger partial charge is 0.491 e. The van der Waals surface area contributed by atoms with Crippen LogP contribution in [0.4, 0.5) is 11.4 Å². The molecule has 9 heteroatoms. The molecule has 2 aromatic carbocycles. The molecular weight excluding hydrogens is 436 g/mol. The van der Waals surface area contributed by atoms with Gasteiger partial charge in [-0.1, -0.05) is 0 Å². The average molecular weight is 458 g/mol. The van der Waals surface area contributed by atoms with Crippen molar-refractivity contribution in [2.24, 2.45) is 0 Å². The lowest BCUT2D eigenvalue weighted by Crippen LogP contribution is -2.32. The lowest BCUT2D eigenvalue weighted by Gasteiger charge is -2.15. The Bertz CT molecular complexity index is 1250. The first-order valence-electron chi connectivity index (χ1n) is 10.6. The first-order valence-corrected chi connectivity index (χ1v) is 10.6. The van der Waals surface area contributed by atoms with E-state index in [0.29, 0.717) is 17.0 Å². The predicted octanol–water partition coefficient (Wildman–Crippen LogP) is 4.17. The van der Waals surface area contributed by atoms with Gasteiger partial charge in [0.2, 0.25) is 0 Å². The lowest BCUT2D eigenvalue weighted by atomic mass is 10.0. The fourth-order valence-corrected chi connectivity index (χ4v) is 3.56. The van der Waals surface area contributed by atoms with E-state index >= 15 is 0 Å². The molecule has 1 aromatic heterocycles. The van der Waals surface area contributed by atoms with E-state index in [1.165, 1.54) is 24.3 Å². The van der Waals surface area contributed by atoms with E-state index in [2.05, 4.69) is 10.3 Å². The van der Waals surface area contributed by atoms with Crippen molar-refractivity contribution in [2.45, 2.75) is 26.5 Å². The number of anilines is 1. The first-order chi connectivity index (χ1) is 16.3. The molecule has 0 spiro atoms. The number of nitrogens with one attached hydrogen (secondary N) is 1. The number of non-ortho nitro benzene ring substituents is 1. The number of nitrogens with zero attached hydrogens (tertiary/aromatic N) is 3. The van der Waals surface area contributed by atoms with E-state index in [4.69, 9.17) is 4.74 Å². The lowest BCUT2D eigenvalue weighted by molar-refractivity contribution is -0.384. The molecule has 1 aliphatic rings. The zero-order chi connectivity index (χ0) is 24.2. The number of ether oxygens (including phenoxy) is 1. The predicted molar refractivity (Wildman–Crippen MR) is 126 cm³/mol. The van der Waals surface area contributed by atoms with E-state index in [1.807, 2.05) is 13.8 Å². The molecule has 2 heterocycles. The SMILES string of the molecule is CC(C)Oc1ccc(NC2=C(c3ccc([N+](=O)[O-])cc3)C(=O)N(Cc3ccncc3)C2=O)cc1. The fourth-order valence-electron chi connectivity index (χ4n) is 3.56. The van der Waals surface area contributed by atoms with Crippen LogP contribution in [-0.4, -0.2) is 32.7 Å². The monoisotopic (exact) mass is 458 g/mol. The van der Waals surface area contributed by atoms with Crippen LogP contribution in [0.5, 0.6) is 5.75 Å². The van der Waals surface area contributed by atoms with Gasteiger partial charge in [-0.25, -0.2) is 0 Å². The summed E-state index contributed by atoms with van der Waals surface area (Å²) in [5, 5.41) is 14.1. The van der Waals surface area contributed by atoms with Gasteiger partial charge in [0, 0.05) is 30.2 Å². The Morgan fingerprint density at radius 3 is 2.21 bits per heavy atom. The Labute approximate surface area is 195 Å². The van der Waals surface area contributed by atoms with Gasteiger partial charge in [-0.3, -0.25) is 29.6 Å². The average Bonchev–Trinajstić information content (AvgIpc) is 3.05. The van der Waals surface area contributed by atoms with Crippen molar-refractivity contribution in [1.29, 1.82) is 0 Å². The normalized spacial score (nSPS) is 13.6. The number of nitro groups is 1. The summed E-state index contributed by atoms with van der Waals surface area (Å²) in [6.07, 6.45) is 3.20. The number of carbonyl (C=O) groups excluding carboxylic acids is 2. The van der Waals surface area contributed by atoms with Crippen molar-refractivity contribution < 1.29 is 19.2 Å². The molecule has 172 valence electrons. The van der Waals surface area contributed by atoms with Crippen LogP contribution in [0.25, 0.3) is 5.57 Å². The summed E-state index contributed by atoms with van der Waals surface area (Å²) in [6.45, 7) is 3.92. The van der Waals surface area contributed by atoms with Gasteiger partial charge in [-0.15, -0.1) is 0 Å². The molecule has 9 nitrogen and oxygen atoms in total. The van der Waals surface area contributed by atoms with Gasteiger partial charge in [0.25, 0.3) is 17.5 Å². The highest BCUT2D eigenvalue weighted by Gasteiger charge is 2.39. The summed E-state index contributed by atoms with van der Waals surface area (Å²) >= 11 is 0. The third-order valence-electron chi connectivity index (χ3n) is 5.12. The second-order valence-electron chi connectivity index (χ2n) is 7.92. The van der Waals surface area contributed by atoms with Crippen LogP contribution >= 0.6 is 0 Å². The minimum absolute atomic E-state index is 0.0195. The zero-order valence-corrected chi connectivity index (χ0v) is 18.6. The Morgan fingerprint density at radius 1 is 0.971 bits per heavy atom. The molecule has 2 amide bonds. The second-order valence-corrected chi connectivity index (χ2v) is 7.92. The van der Waals surface area contributed by atoms with Crippen LogP contribution in [0.3, 0.4) is 0 Å². The highest BCUT2D eigenvalue weighted by Crippen LogP contribution is 2.32. The van der Waals surface area contributed by atoms with Gasteiger partial charge in [0.1, 0.15) is 11.4 Å². The standard InChI is InChI=1S/C25H22N4O5/c1-16(2)34-21-9-5-19(6-10-21)27-23-22(18-3-7-20(8-4-18)29(32)33)24(30)28(25(23)31)15-17-11-13-26-14-12-17/h3-14,16,27H,15H2,1-2H3. The van der Waals surface area contributed by atoms with Gasteiger partial charge in [0.05, 0.1) is 23.1 Å². The van der Waals surface area contributed by atoms with Crippen LogP contribution in [0.15, 0.2) is 78.8 Å². The summed E-state index contributed by atoms with van der Waals surface area (Å²) in [5.74, 6) is -0.297. The topological polar surface area (TPSA) is 115 Å². The molecule has 0 saturated carbocycles. The number of amides is 2. The minimum Gasteiger partial charge on any atom is -0.491 e. The first kappa shape index (κ1) is 22.7. The van der Waals surface area contributed by atoms with Crippen molar-refractivity contribution in [2.75, 3.05) is 5.32 Å². The van der Waals surface area contributed by atoms with Crippen LogP contribution in [0, 0.1) is 10.1 Å². The Hall–Kier alpha value is -4.53. The molecule has 4 rings (SSSR count). The smallest absolute Gasteiger partial charge is 0.278 e. The summed E-state index contributed by atoms with van der Waals surface area (Å²) in [7, 11) is 0. The number of benzene rings is 2. The molecule has 0 aliphatic carbocycles. The molecule has 1 aliphatic heterocycles. The van der Waals surface area contributed by atoms with E-state index in [-0.39, 0.29) is 29.6 Å². The molecule has 3 aromatic rings. The van der Waals surface area contributed by atoms with Crippen LogP contribution in [0.2, 0.25) is 0 Å². The third kappa shape index (κ3) is 4.78. The Balaban J connectivity index is 1.69. The van der Waals surface area contributed by atoms with Gasteiger partial charge < -0.3 is 10.1 Å². The molecule has 0 unspecified atom stereocenters. The number of rotatable bonds is 8. The molecule has 1 N–H and O–H groups in total. The highest BCUT2D eigenvalue weighted by molar-refractivity contribution is 6.36. The molecule has 0 atom stereocenters. The quantitative estimate of drug-likeness (QED) is 0.306. The number of carbonyl (C=O) groups is 2. The number of aromatic nitrogens is 1. The Morgan fingerprint density at radius 2 is 1.62 bits per heavy atom. The maximum atomic E-state index is 13.4. The van der Waals surface area contributed by atoms with Gasteiger partial charge >= 0.3 is 0 Å². The number of hydrogen-bond donors (Lipinski definition) is 1. The van der Waals surface area contributed by atoms with Crippen LogP contribution < -0.4 is 10.1 Å². The summed E-state index contributed by atoms with van der Waals surface area (Å²) in [4.78, 5) is 42.3. The molecule has 0 bridgehead atoms. The van der Waals surface area contributed by atoms with E-state index in [0.717, 1.165) is 10.5 Å². The zero-order valence-electron chi connectivity index (χ0n) is 18.6. The number of nitro benzene ring substituents is 1. The molecular formula is C25H22N4O5. The van der Waals surface area contributed by atoms with E-state index in [1.54, 1.807) is 48.8 Å². The maximum absolute atomic E-state index is 13.4. The minimum atomic E-state index is -0.518. The number of imide groups is 1. The van der Waals surface area contributed by atoms with Crippen LogP contribution in [-0.2, 0) is 16.1 Å². The molecule has 0 saturated heterocycles. The van der Waals surface area contributed by atoms with Crippen molar-refractivity contribution in [1.82, 2.24) is 9.88 Å². The highest BCUT2D eigenvalue weighted by atomic mass is 16.6. The summed E-state index contributed by atoms with van der Waals surface area (Å²) < 4.78 is 5.65. The molecule has 34 heavy (non-hydrogen) atoms. The van der Waals surface area contributed by atoms with Gasteiger partial charge in [0.15, 0.2) is 0 Å². The third-order valence-corrected chi connectivity index (χ3v) is 5.12. The summed E-state index contributed by atoms with van der Waals surface area (Å²) in [6, 6.07) is 16.0. The fraction of sp³-hybridized carbons (Fsp3) is 0.160. The molecule has 0 fully saturated rings. The second kappa shape index (κ2) is 9.53. The van der Waals surface area contributed by atoms with Crippen molar-refractivity contribution in [3.63, 3.8) is 0 Å². The van der Waals surface area contributed by atoms with Gasteiger partial charge in [-0.2, -0.15) is 0 Å². The van der Waals surface area contributed by atoms with Crippen molar-refractivity contribution in [3.05, 3.63) is 100.0 Å². The number of pyridine rings is 1. The Kier molecular flexibility index (Phi) is 6.35. The van der Waals surface area contributed by atoms with Crippen LogP contribution in [0.1, 0.15) is 25.0 Å². The summed E-state index contributed by atoms with van der Waals surface area (Å²) in [5.41, 5.74) is 1.89. The van der Waals surface area contributed by atoms with E-state index < -0.39 is 16.7 Å². The maximum Gasteiger partial charge on any atom is 0.278 e.